The molecule has 16 rings (SSSR count). The molecule has 25 nitrogen and oxygen atoms in total. The monoisotopic (exact) mass is 1630 g/mol. The summed E-state index contributed by atoms with van der Waals surface area (Å²) in [7, 11) is 0. The van der Waals surface area contributed by atoms with Crippen LogP contribution in [0.4, 0.5) is 5.82 Å². The molecule has 4 saturated heterocycles. The van der Waals surface area contributed by atoms with E-state index in [4.69, 9.17) is 98.5 Å². The fraction of sp³-hybridized carbons (Fsp3) is 0.316. The Bertz CT molecular complexity index is 4740. The quantitative estimate of drug-likeness (QED) is 0.0342. The smallest absolute Gasteiger partial charge is 0.237 e. The molecule has 33 heteroatoms. The van der Waals surface area contributed by atoms with Crippen molar-refractivity contribution in [1.29, 1.82) is 0 Å². The first kappa shape index (κ1) is 78.3. The zero-order valence-corrected chi connectivity index (χ0v) is 64.9. The van der Waals surface area contributed by atoms with Gasteiger partial charge in [-0.3, -0.25) is 43.8 Å². The van der Waals surface area contributed by atoms with Crippen molar-refractivity contribution in [1.82, 2.24) is 101 Å². The first-order chi connectivity index (χ1) is 52.8. The standard InChI is InChI=1S/C20H20Cl2N4O.C19H20Cl2N6O.C19H19Cl2N5O.C18H18Cl2N6O/c21-14-8-7-13(15(22)10-14)12-26-9-3-6-18(26)20(27)23-11-19-24-16-4-1-2-5-17(16)25-19;20-12-4-3-11(13(21)8-12)10-27-7-1-2-15(27)19(28)24-9-16-25-14-5-6-23-18(22)17(14)26-16;20-13-4-3-12(14(21)8-13)11-26-7-1-2-17(26)19(27)23-10-18-24-15-5-6-22-9-16(15)25-18;19-12-4-3-11(13(20)6-12)9-26-5-1-2-15(26)18(27)22-8-16-24-14-7-21-10-23-17(14)25-16/h1-2,4-5,7-8,10,18H,3,6,9,11-12H2,(H,23,27)(H,24,25);3-6,8,15H,1-2,7,9-10H2,(H2,22,23)(H,24,28)(H,25,26);3-6,8-9,17H,1-2,7,10-11H2,(H,23,27)(H,24,25);3-4,6-7,10,15H,1-2,5,8-9H2,(H,22,27)(H,21,23,24,25)/t18-;15-;17-;15-/m0000/s1. The number of amides is 4. The summed E-state index contributed by atoms with van der Waals surface area (Å²) >= 11 is 49.0. The normalized spacial score (nSPS) is 17.4. The number of fused-ring (bicyclic) bond motifs is 4. The van der Waals surface area contributed by atoms with Crippen molar-refractivity contribution in [2.45, 2.75) is 128 Å². The lowest BCUT2D eigenvalue weighted by molar-refractivity contribution is -0.126. The maximum atomic E-state index is 12.8. The number of benzene rings is 5. The van der Waals surface area contributed by atoms with Gasteiger partial charge in [0.1, 0.15) is 40.7 Å². The van der Waals surface area contributed by atoms with Crippen LogP contribution in [0.3, 0.4) is 0 Å². The molecule has 566 valence electrons. The van der Waals surface area contributed by atoms with Crippen molar-refractivity contribution in [3.8, 4) is 0 Å². The second-order valence-electron chi connectivity index (χ2n) is 26.8. The number of nitrogens with one attached hydrogen (secondary N) is 8. The zero-order chi connectivity index (χ0) is 76.1. The third kappa shape index (κ3) is 20.4. The van der Waals surface area contributed by atoms with Gasteiger partial charge in [-0.05, 0) is 173 Å². The van der Waals surface area contributed by atoms with Crippen molar-refractivity contribution in [3.63, 3.8) is 0 Å². The van der Waals surface area contributed by atoms with Crippen LogP contribution in [0.15, 0.2) is 140 Å². The third-order valence-electron chi connectivity index (χ3n) is 19.4. The highest BCUT2D eigenvalue weighted by atomic mass is 35.5. The molecule has 0 aliphatic carbocycles. The number of aromatic nitrogens is 12. The Balaban J connectivity index is 0.000000128. The molecule has 0 spiro atoms. The minimum absolute atomic E-state index is 0.0101. The van der Waals surface area contributed by atoms with Crippen molar-refractivity contribution in [3.05, 3.63) is 226 Å². The van der Waals surface area contributed by atoms with Crippen LogP contribution in [0.25, 0.3) is 44.3 Å². The number of nitrogens with two attached hydrogens (primary N) is 1. The molecule has 4 atom stereocenters. The molecule has 11 heterocycles. The Kier molecular flexibility index (Phi) is 26.5. The molecule has 0 bridgehead atoms. The van der Waals surface area contributed by atoms with Gasteiger partial charge in [-0.15, -0.1) is 0 Å². The van der Waals surface area contributed by atoms with E-state index in [1.165, 1.54) is 6.33 Å². The number of pyridine rings is 2. The number of aromatic amines is 4. The Hall–Kier alpha value is -8.80. The van der Waals surface area contributed by atoms with Crippen LogP contribution in [0, 0.1) is 0 Å². The SMILES string of the molecule is Nc1nccc2[nH]c(CNC(=O)[C@@H]3CCCN3Cc3ccc(Cl)cc3Cl)nc12.O=C(NCc1nc2ccccc2[nH]1)[C@@H]1CCCN1Cc1ccc(Cl)cc1Cl.O=C(NCc1nc2ccncc2[nH]1)[C@@H]1CCCN1Cc1ccc(Cl)cc1Cl.O=C(NCc1nc2ncncc2[nH]1)[C@@H]1CCCN1Cc1ccc(Cl)cc1Cl. The van der Waals surface area contributed by atoms with E-state index in [1.54, 1.807) is 55.1 Å². The highest BCUT2D eigenvalue weighted by Gasteiger charge is 2.35. The lowest BCUT2D eigenvalue weighted by Gasteiger charge is -2.24. The summed E-state index contributed by atoms with van der Waals surface area (Å²) in [6, 6.07) is 32.7. The second kappa shape index (κ2) is 36.8. The van der Waals surface area contributed by atoms with Crippen molar-refractivity contribution < 1.29 is 19.2 Å². The van der Waals surface area contributed by atoms with E-state index >= 15 is 0 Å². The summed E-state index contributed by atoms with van der Waals surface area (Å²) in [4.78, 5) is 106. The molecule has 5 aromatic carbocycles. The van der Waals surface area contributed by atoms with Crippen molar-refractivity contribution in [2.75, 3.05) is 31.9 Å². The number of carbonyl (C=O) groups excluding carboxylic acids is 4. The fourth-order valence-corrected chi connectivity index (χ4v) is 15.8. The van der Waals surface area contributed by atoms with E-state index in [0.29, 0.717) is 121 Å². The van der Waals surface area contributed by atoms with E-state index < -0.39 is 0 Å². The molecule has 7 aromatic heterocycles. The highest BCUT2D eigenvalue weighted by Crippen LogP contribution is 2.32. The van der Waals surface area contributed by atoms with Gasteiger partial charge in [0, 0.05) is 78.8 Å². The number of rotatable bonds is 20. The molecule has 0 radical (unpaired) electrons. The number of anilines is 1. The maximum Gasteiger partial charge on any atom is 0.237 e. The Labute approximate surface area is 667 Å². The first-order valence-corrected chi connectivity index (χ1v) is 38.6. The number of halogens is 8. The predicted octanol–water partition coefficient (Wildman–Crippen LogP) is 13.8. The van der Waals surface area contributed by atoms with Gasteiger partial charge < -0.3 is 46.9 Å². The van der Waals surface area contributed by atoms with Gasteiger partial charge in [0.2, 0.25) is 23.6 Å². The Morgan fingerprint density at radius 3 is 1.18 bits per heavy atom. The molecule has 0 saturated carbocycles. The van der Waals surface area contributed by atoms with Gasteiger partial charge in [-0.1, -0.05) is 129 Å². The molecule has 0 unspecified atom stereocenters. The fourth-order valence-electron chi connectivity index (χ4n) is 13.9. The minimum Gasteiger partial charge on any atom is -0.382 e. The van der Waals surface area contributed by atoms with Crippen LogP contribution in [0.1, 0.15) is 96.9 Å². The van der Waals surface area contributed by atoms with E-state index in [1.807, 2.05) is 78.9 Å². The summed E-state index contributed by atoms with van der Waals surface area (Å²) in [5.41, 5.74) is 16.1. The van der Waals surface area contributed by atoms with Crippen LogP contribution < -0.4 is 27.0 Å². The number of hydrogen-bond donors (Lipinski definition) is 9. The summed E-state index contributed by atoms with van der Waals surface area (Å²) < 4.78 is 0. The zero-order valence-electron chi connectivity index (χ0n) is 58.8. The van der Waals surface area contributed by atoms with Gasteiger partial charge >= 0.3 is 0 Å². The molecule has 4 amide bonds. The number of nitrogens with zero attached hydrogens (tertiary/aromatic N) is 12. The van der Waals surface area contributed by atoms with Crippen molar-refractivity contribution >= 4 is 167 Å². The Morgan fingerprint density at radius 1 is 0.404 bits per heavy atom. The highest BCUT2D eigenvalue weighted by molar-refractivity contribution is 6.36. The number of hydrogen-bond acceptors (Lipinski definition) is 17. The van der Waals surface area contributed by atoms with E-state index in [0.717, 1.165) is 145 Å². The minimum atomic E-state index is -0.192. The predicted molar refractivity (Wildman–Crippen MR) is 427 cm³/mol. The largest absolute Gasteiger partial charge is 0.382 e. The number of para-hydroxylation sites is 2. The number of carbonyl (C=O) groups is 4. The maximum absolute atomic E-state index is 12.8. The molecule has 4 fully saturated rings. The van der Waals surface area contributed by atoms with Gasteiger partial charge in [-0.25, -0.2) is 34.9 Å². The lowest BCUT2D eigenvalue weighted by atomic mass is 10.1. The molecular formula is C76H77Cl8N21O4. The average molecular weight is 1630 g/mol. The first-order valence-electron chi connectivity index (χ1n) is 35.6. The molecule has 12 aromatic rings. The van der Waals surface area contributed by atoms with E-state index in [2.05, 4.69) is 101 Å². The van der Waals surface area contributed by atoms with Gasteiger partial charge in [0.15, 0.2) is 11.5 Å². The van der Waals surface area contributed by atoms with E-state index in [9.17, 15) is 19.2 Å². The lowest BCUT2D eigenvalue weighted by Crippen LogP contribution is -2.42. The average Bonchev–Trinajstić information content (AvgIpc) is 1.71. The molecule has 4 aliphatic rings. The number of H-pyrrole nitrogens is 4. The summed E-state index contributed by atoms with van der Waals surface area (Å²) in [5.74, 6) is 3.16. The van der Waals surface area contributed by atoms with Crippen LogP contribution in [0.2, 0.25) is 40.2 Å². The van der Waals surface area contributed by atoms with Gasteiger partial charge in [0.05, 0.1) is 90.3 Å². The summed E-state index contributed by atoms with van der Waals surface area (Å²) in [5, 5.41) is 16.9. The van der Waals surface area contributed by atoms with Gasteiger partial charge in [-0.2, -0.15) is 0 Å². The van der Waals surface area contributed by atoms with Crippen LogP contribution in [-0.4, -0.2) is 153 Å². The second-order valence-corrected chi connectivity index (χ2v) is 30.2. The molecular weight excluding hydrogens is 1550 g/mol. The van der Waals surface area contributed by atoms with Crippen LogP contribution in [-0.2, 0) is 71.5 Å². The molecule has 109 heavy (non-hydrogen) atoms. The summed E-state index contributed by atoms with van der Waals surface area (Å²) in [6.45, 7) is 7.33. The molecule has 4 aliphatic heterocycles. The topological polar surface area (TPSA) is 322 Å². The number of imidazole rings is 4. The van der Waals surface area contributed by atoms with Crippen LogP contribution >= 0.6 is 92.8 Å². The van der Waals surface area contributed by atoms with Crippen molar-refractivity contribution in [2.24, 2.45) is 0 Å². The number of nitrogen functional groups attached to an aromatic ring is 1. The van der Waals surface area contributed by atoms with Gasteiger partial charge in [0.25, 0.3) is 0 Å². The Morgan fingerprint density at radius 2 is 0.780 bits per heavy atom. The molecule has 10 N–H and O–H groups in total. The number of likely N-dealkylation sites (tertiary alicyclic amines) is 4. The van der Waals surface area contributed by atoms with Crippen LogP contribution in [0.5, 0.6) is 0 Å². The van der Waals surface area contributed by atoms with E-state index in [-0.39, 0.29) is 47.8 Å². The third-order valence-corrected chi connectivity index (χ3v) is 21.7. The summed E-state index contributed by atoms with van der Waals surface area (Å²) in [6.07, 6.45) is 15.4.